The van der Waals surface area contributed by atoms with E-state index < -0.39 is 7.60 Å². The molecule has 0 saturated heterocycles. The lowest BCUT2D eigenvalue weighted by Crippen LogP contribution is -1.85. The molecule has 0 spiro atoms. The molecular weight excluding hydrogens is 186 g/mol. The number of allylic oxidation sites excluding steroid dienone is 3. The third-order valence-corrected chi connectivity index (χ3v) is 2.71. The summed E-state index contributed by atoms with van der Waals surface area (Å²) in [5.74, 6) is 0. The van der Waals surface area contributed by atoms with Crippen molar-refractivity contribution in [3.63, 3.8) is 0 Å². The van der Waals surface area contributed by atoms with Crippen LogP contribution in [0.1, 0.15) is 13.8 Å². The predicted octanol–water partition coefficient (Wildman–Crippen LogP) is 2.21. The predicted molar refractivity (Wildman–Crippen MR) is 45.4 cm³/mol. The van der Waals surface area contributed by atoms with Crippen molar-refractivity contribution in [2.24, 2.45) is 0 Å². The Morgan fingerprint density at radius 3 is 1.91 bits per heavy atom. The molecule has 3 nitrogen and oxygen atoms in total. The molecule has 0 atom stereocenters. The Morgan fingerprint density at radius 2 is 1.82 bits per heavy atom. The number of halogens is 1. The highest BCUT2D eigenvalue weighted by Crippen LogP contribution is 2.49. The van der Waals surface area contributed by atoms with Crippen LogP contribution in [0.2, 0.25) is 0 Å². The summed E-state index contributed by atoms with van der Waals surface area (Å²) in [5, 5.41) is -0.266. The molecule has 0 aliphatic carbocycles. The Balaban J connectivity index is 4.82. The van der Waals surface area contributed by atoms with Gasteiger partial charge in [-0.2, -0.15) is 0 Å². The van der Waals surface area contributed by atoms with Gasteiger partial charge < -0.3 is 9.79 Å². The van der Waals surface area contributed by atoms with E-state index in [2.05, 4.69) is 6.58 Å². The van der Waals surface area contributed by atoms with Crippen LogP contribution in [0.25, 0.3) is 0 Å². The average Bonchev–Trinajstić information content (AvgIpc) is 1.82. The highest BCUT2D eigenvalue weighted by Gasteiger charge is 2.21. The molecular formula is C6H10ClO3P. The van der Waals surface area contributed by atoms with Gasteiger partial charge in [0.2, 0.25) is 0 Å². The normalized spacial score (nSPS) is 11.0. The molecule has 0 aliphatic rings. The molecule has 0 heterocycles. The summed E-state index contributed by atoms with van der Waals surface area (Å²) in [5.41, 5.74) is 0.639. The van der Waals surface area contributed by atoms with Gasteiger partial charge in [0, 0.05) is 0 Å². The van der Waals surface area contributed by atoms with Crippen LogP contribution in [-0.2, 0) is 4.57 Å². The Kier molecular flexibility index (Phi) is 3.52. The summed E-state index contributed by atoms with van der Waals surface area (Å²) in [6.07, 6.45) is 0. The van der Waals surface area contributed by atoms with Crippen molar-refractivity contribution in [2.45, 2.75) is 13.8 Å². The maximum Gasteiger partial charge on any atom is 0.357 e. The topological polar surface area (TPSA) is 57.5 Å². The SMILES string of the molecule is C=C(C(Cl)=C(C)C)P(=O)(O)O. The maximum absolute atomic E-state index is 10.6. The minimum absolute atomic E-state index is 0.0540. The first kappa shape index (κ1) is 10.9. The smallest absolute Gasteiger partial charge is 0.321 e. The van der Waals surface area contributed by atoms with Gasteiger partial charge in [-0.15, -0.1) is 0 Å². The average molecular weight is 197 g/mol. The van der Waals surface area contributed by atoms with Crippen molar-refractivity contribution in [1.82, 2.24) is 0 Å². The van der Waals surface area contributed by atoms with Crippen LogP contribution in [0.4, 0.5) is 0 Å². The standard InChI is InChI=1S/C6H10ClO3P/c1-4(2)6(7)5(3)11(8,9)10/h3H2,1-2H3,(H2,8,9,10). The summed E-state index contributed by atoms with van der Waals surface area (Å²) < 4.78 is 10.6. The highest BCUT2D eigenvalue weighted by molar-refractivity contribution is 7.57. The second kappa shape index (κ2) is 3.55. The van der Waals surface area contributed by atoms with Crippen LogP contribution in [0, 0.1) is 0 Å². The first-order valence-electron chi connectivity index (χ1n) is 2.85. The lowest BCUT2D eigenvalue weighted by Gasteiger charge is -2.06. The summed E-state index contributed by atoms with van der Waals surface area (Å²) in [4.78, 5) is 17.2. The van der Waals surface area contributed by atoms with Crippen molar-refractivity contribution in [3.8, 4) is 0 Å². The van der Waals surface area contributed by atoms with Gasteiger partial charge in [0.1, 0.15) is 0 Å². The van der Waals surface area contributed by atoms with Crippen LogP contribution >= 0.6 is 19.2 Å². The summed E-state index contributed by atoms with van der Waals surface area (Å²) in [6, 6.07) is 0. The van der Waals surface area contributed by atoms with E-state index in [0.717, 1.165) is 0 Å². The number of hydrogen-bond donors (Lipinski definition) is 2. The Hall–Kier alpha value is -0.0800. The number of hydrogen-bond acceptors (Lipinski definition) is 1. The molecule has 64 valence electrons. The fourth-order valence-corrected chi connectivity index (χ4v) is 1.23. The van der Waals surface area contributed by atoms with E-state index in [9.17, 15) is 4.57 Å². The molecule has 0 aromatic carbocycles. The van der Waals surface area contributed by atoms with E-state index in [1.165, 1.54) is 0 Å². The zero-order valence-corrected chi connectivity index (χ0v) is 7.99. The van der Waals surface area contributed by atoms with E-state index in [1.54, 1.807) is 13.8 Å². The fourth-order valence-electron chi connectivity index (χ4n) is 0.416. The second-order valence-electron chi connectivity index (χ2n) is 2.30. The third kappa shape index (κ3) is 3.21. The first-order chi connectivity index (χ1) is 4.76. The largest absolute Gasteiger partial charge is 0.357 e. The quantitative estimate of drug-likeness (QED) is 0.526. The van der Waals surface area contributed by atoms with E-state index in [1.807, 2.05) is 0 Å². The lowest BCUT2D eigenvalue weighted by atomic mass is 10.3. The molecule has 5 heteroatoms. The van der Waals surface area contributed by atoms with Crippen LogP contribution < -0.4 is 0 Å². The third-order valence-electron chi connectivity index (χ3n) is 1.04. The van der Waals surface area contributed by atoms with E-state index >= 15 is 0 Å². The molecule has 0 saturated carbocycles. The van der Waals surface area contributed by atoms with Crippen LogP contribution in [-0.4, -0.2) is 9.79 Å². The Labute approximate surface area is 70.5 Å². The van der Waals surface area contributed by atoms with E-state index in [-0.39, 0.29) is 10.3 Å². The molecule has 0 amide bonds. The molecule has 0 aliphatic heterocycles. The van der Waals surface area contributed by atoms with Gasteiger partial charge in [0.15, 0.2) is 0 Å². The lowest BCUT2D eigenvalue weighted by molar-refractivity contribution is 0.383. The van der Waals surface area contributed by atoms with Crippen molar-refractivity contribution >= 4 is 19.2 Å². The molecule has 0 bridgehead atoms. The molecule has 0 aromatic rings. The molecule has 0 radical (unpaired) electrons. The van der Waals surface area contributed by atoms with Gasteiger partial charge >= 0.3 is 7.60 Å². The molecule has 11 heavy (non-hydrogen) atoms. The van der Waals surface area contributed by atoms with Crippen LogP contribution in [0.5, 0.6) is 0 Å². The van der Waals surface area contributed by atoms with Crippen molar-refractivity contribution in [2.75, 3.05) is 0 Å². The van der Waals surface area contributed by atoms with E-state index in [0.29, 0.717) is 5.57 Å². The minimum Gasteiger partial charge on any atom is -0.321 e. The van der Waals surface area contributed by atoms with Crippen LogP contribution in [0.3, 0.4) is 0 Å². The van der Waals surface area contributed by atoms with Crippen molar-refractivity contribution in [3.05, 3.63) is 22.5 Å². The zero-order valence-electron chi connectivity index (χ0n) is 6.33. The molecule has 2 N–H and O–H groups in total. The van der Waals surface area contributed by atoms with Crippen molar-refractivity contribution in [1.29, 1.82) is 0 Å². The summed E-state index contributed by atoms with van der Waals surface area (Å²) in [6.45, 7) is 6.51. The van der Waals surface area contributed by atoms with Gasteiger partial charge in [-0.05, 0) is 13.8 Å². The van der Waals surface area contributed by atoms with E-state index in [4.69, 9.17) is 21.4 Å². The zero-order chi connectivity index (χ0) is 9.23. The highest BCUT2D eigenvalue weighted by atomic mass is 35.5. The molecule has 0 unspecified atom stereocenters. The van der Waals surface area contributed by atoms with Gasteiger partial charge in [-0.25, -0.2) is 0 Å². The van der Waals surface area contributed by atoms with Gasteiger partial charge in [-0.3, -0.25) is 4.57 Å². The maximum atomic E-state index is 10.6. The molecule has 0 rings (SSSR count). The summed E-state index contributed by atoms with van der Waals surface area (Å²) >= 11 is 5.54. The second-order valence-corrected chi connectivity index (χ2v) is 4.31. The molecule has 0 fully saturated rings. The van der Waals surface area contributed by atoms with Crippen molar-refractivity contribution < 1.29 is 14.4 Å². The number of rotatable bonds is 2. The fraction of sp³-hybridized carbons (Fsp3) is 0.333. The van der Waals surface area contributed by atoms with Gasteiger partial charge in [0.05, 0.1) is 10.3 Å². The first-order valence-corrected chi connectivity index (χ1v) is 4.84. The Bertz CT molecular complexity index is 247. The van der Waals surface area contributed by atoms with Gasteiger partial charge in [-0.1, -0.05) is 23.8 Å². The summed E-state index contributed by atoms with van der Waals surface area (Å²) in [7, 11) is -4.25. The van der Waals surface area contributed by atoms with Gasteiger partial charge in [0.25, 0.3) is 0 Å². The Morgan fingerprint density at radius 1 is 1.45 bits per heavy atom. The minimum atomic E-state index is -4.25. The molecule has 0 aromatic heterocycles. The van der Waals surface area contributed by atoms with Crippen LogP contribution in [0.15, 0.2) is 22.5 Å². The monoisotopic (exact) mass is 196 g/mol.